The largest absolute Gasteiger partial charge is 0.506 e. The molecule has 4 rings (SSSR count). The smallest absolute Gasteiger partial charge is 0.141 e. The van der Waals surface area contributed by atoms with E-state index < -0.39 is 0 Å². The maximum Gasteiger partial charge on any atom is 0.141 e. The van der Waals surface area contributed by atoms with Crippen molar-refractivity contribution in [2.75, 3.05) is 0 Å². The van der Waals surface area contributed by atoms with Gasteiger partial charge in [-0.2, -0.15) is 0 Å². The fourth-order valence-electron chi connectivity index (χ4n) is 3.66. The van der Waals surface area contributed by atoms with Gasteiger partial charge in [0, 0.05) is 20.8 Å². The summed E-state index contributed by atoms with van der Waals surface area (Å²) in [6, 6.07) is 11.5. The molecule has 0 aliphatic heterocycles. The predicted molar refractivity (Wildman–Crippen MR) is 119 cm³/mol. The zero-order valence-electron chi connectivity index (χ0n) is 15.3. The molecule has 1 aliphatic rings. The number of allylic oxidation sites excluding steroid dienone is 2. The van der Waals surface area contributed by atoms with Crippen LogP contribution in [-0.2, 0) is 0 Å². The maximum atomic E-state index is 9.88. The summed E-state index contributed by atoms with van der Waals surface area (Å²) in [4.78, 5) is 8.16. The Morgan fingerprint density at radius 2 is 1.67 bits per heavy atom. The molecule has 1 N–H and O–H groups in total. The van der Waals surface area contributed by atoms with E-state index >= 15 is 0 Å². The highest BCUT2D eigenvalue weighted by Crippen LogP contribution is 2.45. The van der Waals surface area contributed by atoms with Crippen molar-refractivity contribution in [3.05, 3.63) is 66.5 Å². The van der Waals surface area contributed by atoms with Crippen molar-refractivity contribution in [3.8, 4) is 5.75 Å². The van der Waals surface area contributed by atoms with Crippen LogP contribution in [-0.4, -0.2) is 11.3 Å². The van der Waals surface area contributed by atoms with Crippen LogP contribution in [0.2, 0.25) is 4.34 Å². The summed E-state index contributed by atoms with van der Waals surface area (Å²) < 4.78 is 0.860. The third-order valence-electron chi connectivity index (χ3n) is 4.91. The lowest BCUT2D eigenvalue weighted by atomic mass is 9.98. The molecular weight excluding hydrogens is 394 g/mol. The summed E-state index contributed by atoms with van der Waals surface area (Å²) in [5.74, 6) is 0.202. The van der Waals surface area contributed by atoms with Crippen LogP contribution in [0.5, 0.6) is 5.75 Å². The van der Waals surface area contributed by atoms with E-state index in [9.17, 15) is 5.11 Å². The Morgan fingerprint density at radius 1 is 1.00 bits per heavy atom. The SMILES string of the molecule is Cc1sc(Cl)cc1C1=C(c2cc(C=Nc3ccccc3O)sc2C)CCC1. The average molecular weight is 414 g/mol. The zero-order valence-corrected chi connectivity index (χ0v) is 17.6. The van der Waals surface area contributed by atoms with Gasteiger partial charge in [0.05, 0.1) is 4.34 Å². The molecule has 0 radical (unpaired) electrons. The van der Waals surface area contributed by atoms with Crippen molar-refractivity contribution in [2.24, 2.45) is 4.99 Å². The quantitative estimate of drug-likeness (QED) is 0.438. The highest BCUT2D eigenvalue weighted by Gasteiger charge is 2.22. The predicted octanol–water partition coefficient (Wildman–Crippen LogP) is 7.63. The average Bonchev–Trinajstić information content (AvgIpc) is 3.32. The van der Waals surface area contributed by atoms with Gasteiger partial charge in [-0.15, -0.1) is 22.7 Å². The number of benzene rings is 1. The third kappa shape index (κ3) is 3.75. The number of aliphatic imine (C=N–C) groups is 1. The monoisotopic (exact) mass is 413 g/mol. The Balaban J connectivity index is 1.70. The molecular formula is C22H20ClNOS2. The number of hydrogen-bond donors (Lipinski definition) is 1. The van der Waals surface area contributed by atoms with E-state index in [0.29, 0.717) is 5.69 Å². The molecule has 27 heavy (non-hydrogen) atoms. The van der Waals surface area contributed by atoms with Crippen LogP contribution < -0.4 is 0 Å². The van der Waals surface area contributed by atoms with Crippen molar-refractivity contribution in [3.63, 3.8) is 0 Å². The number of para-hydroxylation sites is 2. The summed E-state index contributed by atoms with van der Waals surface area (Å²) >= 11 is 9.65. The van der Waals surface area contributed by atoms with Gasteiger partial charge in [-0.05, 0) is 79.6 Å². The number of hydrogen-bond acceptors (Lipinski definition) is 4. The van der Waals surface area contributed by atoms with Crippen molar-refractivity contribution in [2.45, 2.75) is 33.1 Å². The first kappa shape index (κ1) is 18.5. The first-order chi connectivity index (χ1) is 13.0. The normalized spacial score (nSPS) is 14.6. The molecule has 0 amide bonds. The summed E-state index contributed by atoms with van der Waals surface area (Å²) in [5, 5.41) is 9.88. The molecule has 0 fully saturated rings. The Labute approximate surface area is 172 Å². The molecule has 0 unspecified atom stereocenters. The van der Waals surface area contributed by atoms with Gasteiger partial charge in [-0.25, -0.2) is 0 Å². The molecule has 0 bridgehead atoms. The van der Waals surface area contributed by atoms with Crippen LogP contribution in [0.15, 0.2) is 41.4 Å². The second-order valence-electron chi connectivity index (χ2n) is 6.70. The second kappa shape index (κ2) is 7.63. The molecule has 2 aromatic heterocycles. The number of phenolic OH excluding ortho intramolecular Hbond substituents is 1. The molecule has 0 atom stereocenters. The first-order valence-electron chi connectivity index (χ1n) is 8.94. The van der Waals surface area contributed by atoms with Crippen LogP contribution in [0.25, 0.3) is 11.1 Å². The Kier molecular flexibility index (Phi) is 5.22. The van der Waals surface area contributed by atoms with Gasteiger partial charge < -0.3 is 5.11 Å². The first-order valence-corrected chi connectivity index (χ1v) is 10.9. The number of nitrogens with zero attached hydrogens (tertiary/aromatic N) is 1. The fraction of sp³-hybridized carbons (Fsp3) is 0.227. The standard InChI is InChI=1S/C22H20ClNOS2/c1-13-18(10-15(26-13)12-24-20-8-3-4-9-21(20)25)16-6-5-7-17(16)19-11-22(23)27-14(19)2/h3-4,8-12,25H,5-7H2,1-2H3. The van der Waals surface area contributed by atoms with Gasteiger partial charge in [0.15, 0.2) is 0 Å². The van der Waals surface area contributed by atoms with Crippen molar-refractivity contribution >= 4 is 57.3 Å². The number of phenols is 1. The highest BCUT2D eigenvalue weighted by molar-refractivity contribution is 7.16. The maximum absolute atomic E-state index is 9.88. The molecule has 3 aromatic rings. The van der Waals surface area contributed by atoms with E-state index in [2.05, 4.69) is 31.0 Å². The lowest BCUT2D eigenvalue weighted by Gasteiger charge is -2.07. The fourth-order valence-corrected chi connectivity index (χ4v) is 5.80. The zero-order chi connectivity index (χ0) is 19.0. The minimum absolute atomic E-state index is 0.202. The van der Waals surface area contributed by atoms with Crippen molar-refractivity contribution < 1.29 is 5.11 Å². The van der Waals surface area contributed by atoms with Gasteiger partial charge in [-0.1, -0.05) is 23.7 Å². The molecule has 0 saturated heterocycles. The molecule has 2 heterocycles. The molecule has 5 heteroatoms. The lowest BCUT2D eigenvalue weighted by molar-refractivity contribution is 0.477. The minimum Gasteiger partial charge on any atom is -0.506 e. The summed E-state index contributed by atoms with van der Waals surface area (Å²) in [5.41, 5.74) is 6.12. The van der Waals surface area contributed by atoms with Crippen LogP contribution in [0.1, 0.15) is 45.0 Å². The summed E-state index contributed by atoms with van der Waals surface area (Å²) in [6.45, 7) is 4.33. The van der Waals surface area contributed by atoms with E-state index in [1.54, 1.807) is 34.8 Å². The molecule has 1 aliphatic carbocycles. The van der Waals surface area contributed by atoms with E-state index in [4.69, 9.17) is 11.6 Å². The number of aryl methyl sites for hydroxylation is 2. The Hall–Kier alpha value is -1.88. The molecule has 1 aromatic carbocycles. The van der Waals surface area contributed by atoms with E-state index in [1.807, 2.05) is 18.3 Å². The van der Waals surface area contributed by atoms with Gasteiger partial charge in [0.25, 0.3) is 0 Å². The number of halogens is 1. The molecule has 0 saturated carbocycles. The van der Waals surface area contributed by atoms with Gasteiger partial charge in [-0.3, -0.25) is 4.99 Å². The third-order valence-corrected chi connectivity index (χ3v) is 7.07. The van der Waals surface area contributed by atoms with Crippen LogP contribution in [0.4, 0.5) is 5.69 Å². The Bertz CT molecular complexity index is 1060. The highest BCUT2D eigenvalue weighted by atomic mass is 35.5. The number of aromatic hydroxyl groups is 1. The summed E-state index contributed by atoms with van der Waals surface area (Å²) in [6.07, 6.45) is 5.25. The lowest BCUT2D eigenvalue weighted by Crippen LogP contribution is -1.86. The molecule has 138 valence electrons. The minimum atomic E-state index is 0.202. The topological polar surface area (TPSA) is 32.6 Å². The second-order valence-corrected chi connectivity index (χ2v) is 9.87. The van der Waals surface area contributed by atoms with E-state index in [1.165, 1.54) is 38.4 Å². The van der Waals surface area contributed by atoms with E-state index in [-0.39, 0.29) is 5.75 Å². The Morgan fingerprint density at radius 3 is 2.33 bits per heavy atom. The number of rotatable bonds is 4. The van der Waals surface area contributed by atoms with Crippen LogP contribution in [0.3, 0.4) is 0 Å². The van der Waals surface area contributed by atoms with Gasteiger partial charge in [0.1, 0.15) is 11.4 Å². The van der Waals surface area contributed by atoms with E-state index in [0.717, 1.165) is 22.1 Å². The number of thiophene rings is 2. The molecule has 0 spiro atoms. The summed E-state index contributed by atoms with van der Waals surface area (Å²) in [7, 11) is 0. The van der Waals surface area contributed by atoms with Crippen LogP contribution in [0, 0.1) is 13.8 Å². The van der Waals surface area contributed by atoms with Crippen LogP contribution >= 0.6 is 34.3 Å². The van der Waals surface area contributed by atoms with Gasteiger partial charge in [0.2, 0.25) is 0 Å². The van der Waals surface area contributed by atoms with Crippen molar-refractivity contribution in [1.82, 2.24) is 0 Å². The van der Waals surface area contributed by atoms with Crippen molar-refractivity contribution in [1.29, 1.82) is 0 Å². The molecule has 2 nitrogen and oxygen atoms in total. The van der Waals surface area contributed by atoms with Gasteiger partial charge >= 0.3 is 0 Å².